The normalized spacial score (nSPS) is 17.2. The van der Waals surface area contributed by atoms with Crippen LogP contribution in [0.2, 0.25) is 0 Å². The minimum Gasteiger partial charge on any atom is -0.381 e. The molecule has 0 N–H and O–H groups in total. The lowest BCUT2D eigenvalue weighted by molar-refractivity contribution is 0.0496. The molecule has 1 saturated heterocycles. The Labute approximate surface area is 164 Å². The van der Waals surface area contributed by atoms with Crippen LogP contribution in [0.3, 0.4) is 0 Å². The number of aromatic nitrogens is 4. The number of carbonyl (C=O) groups excluding carboxylic acids is 1. The summed E-state index contributed by atoms with van der Waals surface area (Å²) in [5.41, 5.74) is 2.97. The number of pyridine rings is 1. The van der Waals surface area contributed by atoms with E-state index in [4.69, 9.17) is 4.74 Å². The second-order valence-electron chi connectivity index (χ2n) is 7.23. The van der Waals surface area contributed by atoms with Gasteiger partial charge >= 0.3 is 0 Å². The standard InChI is InChI=1S/C21H25N5O2/c1-3-28-14-16-6-5-11-25(13-16)21(27)20-15(2)26(24-23-20)18-8-9-19-17(12-18)7-4-10-22-19/h4,7-10,12,16H,3,5-6,11,13-14H2,1-2H3/t16-/m0/s1. The Morgan fingerprint density at radius 3 is 3.07 bits per heavy atom. The highest BCUT2D eigenvalue weighted by Gasteiger charge is 2.28. The fourth-order valence-corrected chi connectivity index (χ4v) is 3.79. The molecule has 1 aliphatic heterocycles. The molecule has 0 saturated carbocycles. The molecule has 1 aliphatic rings. The first-order valence-corrected chi connectivity index (χ1v) is 9.82. The molecule has 3 aromatic rings. The molecule has 2 aromatic heterocycles. The zero-order chi connectivity index (χ0) is 19.5. The van der Waals surface area contributed by atoms with Crippen molar-refractivity contribution in [2.45, 2.75) is 26.7 Å². The van der Waals surface area contributed by atoms with Crippen molar-refractivity contribution >= 4 is 16.8 Å². The van der Waals surface area contributed by atoms with E-state index in [1.807, 2.05) is 49.1 Å². The van der Waals surface area contributed by atoms with Crippen LogP contribution in [0.25, 0.3) is 16.6 Å². The number of likely N-dealkylation sites (tertiary alicyclic amines) is 1. The van der Waals surface area contributed by atoms with Gasteiger partial charge in [0.25, 0.3) is 5.91 Å². The Morgan fingerprint density at radius 1 is 1.32 bits per heavy atom. The molecule has 4 rings (SSSR count). The summed E-state index contributed by atoms with van der Waals surface area (Å²) in [5, 5.41) is 9.49. The van der Waals surface area contributed by atoms with Crippen LogP contribution < -0.4 is 0 Å². The van der Waals surface area contributed by atoms with Gasteiger partial charge in [-0.2, -0.15) is 0 Å². The van der Waals surface area contributed by atoms with E-state index in [0.717, 1.165) is 41.7 Å². The van der Waals surface area contributed by atoms with Gasteiger partial charge in [0.1, 0.15) is 0 Å². The molecule has 0 radical (unpaired) electrons. The van der Waals surface area contributed by atoms with Crippen LogP contribution >= 0.6 is 0 Å². The maximum absolute atomic E-state index is 13.1. The molecule has 1 amide bonds. The monoisotopic (exact) mass is 379 g/mol. The van der Waals surface area contributed by atoms with Crippen LogP contribution in [-0.2, 0) is 4.74 Å². The van der Waals surface area contributed by atoms with E-state index in [1.54, 1.807) is 10.9 Å². The average Bonchev–Trinajstić information content (AvgIpc) is 3.12. The summed E-state index contributed by atoms with van der Waals surface area (Å²) in [4.78, 5) is 19.3. The van der Waals surface area contributed by atoms with E-state index in [-0.39, 0.29) is 5.91 Å². The van der Waals surface area contributed by atoms with Crippen LogP contribution in [0.5, 0.6) is 0 Å². The largest absolute Gasteiger partial charge is 0.381 e. The van der Waals surface area contributed by atoms with Gasteiger partial charge in [0.2, 0.25) is 0 Å². The van der Waals surface area contributed by atoms with Gasteiger partial charge in [-0.15, -0.1) is 5.10 Å². The zero-order valence-corrected chi connectivity index (χ0v) is 16.3. The highest BCUT2D eigenvalue weighted by molar-refractivity contribution is 5.93. The quantitative estimate of drug-likeness (QED) is 0.681. The predicted octanol–water partition coefficient (Wildman–Crippen LogP) is 3.01. The summed E-state index contributed by atoms with van der Waals surface area (Å²) in [7, 11) is 0. The Kier molecular flexibility index (Phi) is 5.34. The molecule has 0 spiro atoms. The molecule has 1 aromatic carbocycles. The van der Waals surface area contributed by atoms with Crippen LogP contribution in [0.15, 0.2) is 36.5 Å². The fourth-order valence-electron chi connectivity index (χ4n) is 3.79. The number of hydrogen-bond donors (Lipinski definition) is 0. The summed E-state index contributed by atoms with van der Waals surface area (Å²) < 4.78 is 7.28. The Hall–Kier alpha value is -2.80. The number of rotatable bonds is 5. The van der Waals surface area contributed by atoms with Crippen molar-refractivity contribution in [1.82, 2.24) is 24.9 Å². The van der Waals surface area contributed by atoms with Crippen LogP contribution in [0.1, 0.15) is 35.9 Å². The van der Waals surface area contributed by atoms with Crippen molar-refractivity contribution in [3.63, 3.8) is 0 Å². The van der Waals surface area contributed by atoms with Gasteiger partial charge in [-0.1, -0.05) is 11.3 Å². The minimum absolute atomic E-state index is 0.0487. The molecule has 1 fully saturated rings. The molecule has 1 atom stereocenters. The summed E-state index contributed by atoms with van der Waals surface area (Å²) in [6.07, 6.45) is 3.87. The summed E-state index contributed by atoms with van der Waals surface area (Å²) in [6.45, 7) is 6.77. The van der Waals surface area contributed by atoms with Gasteiger partial charge in [-0.3, -0.25) is 9.78 Å². The SMILES string of the molecule is CCOC[C@H]1CCCN(C(=O)c2nnn(-c3ccc4ncccc4c3)c2C)C1. The predicted molar refractivity (Wildman–Crippen MR) is 107 cm³/mol. The highest BCUT2D eigenvalue weighted by atomic mass is 16.5. The van der Waals surface area contributed by atoms with Gasteiger partial charge in [-0.25, -0.2) is 4.68 Å². The van der Waals surface area contributed by atoms with Gasteiger partial charge in [0, 0.05) is 31.3 Å². The average molecular weight is 379 g/mol. The molecule has 0 unspecified atom stereocenters. The molecular weight excluding hydrogens is 354 g/mol. The molecular formula is C21H25N5O2. The Balaban J connectivity index is 1.56. The van der Waals surface area contributed by atoms with Crippen LogP contribution in [0, 0.1) is 12.8 Å². The third kappa shape index (κ3) is 3.62. The number of hydrogen-bond acceptors (Lipinski definition) is 5. The van der Waals surface area contributed by atoms with Crippen LogP contribution in [0.4, 0.5) is 0 Å². The first kappa shape index (κ1) is 18.6. The van der Waals surface area contributed by atoms with Crippen LogP contribution in [-0.4, -0.2) is 57.1 Å². The van der Waals surface area contributed by atoms with Crippen molar-refractivity contribution in [2.24, 2.45) is 5.92 Å². The first-order chi connectivity index (χ1) is 13.7. The highest BCUT2D eigenvalue weighted by Crippen LogP contribution is 2.22. The number of ether oxygens (including phenoxy) is 1. The second kappa shape index (κ2) is 8.06. The second-order valence-corrected chi connectivity index (χ2v) is 7.23. The summed E-state index contributed by atoms with van der Waals surface area (Å²) in [6, 6.07) is 9.83. The topological polar surface area (TPSA) is 73.1 Å². The molecule has 7 nitrogen and oxygen atoms in total. The van der Waals surface area contributed by atoms with E-state index in [2.05, 4.69) is 15.3 Å². The van der Waals surface area contributed by atoms with Crippen molar-refractivity contribution in [1.29, 1.82) is 0 Å². The fraction of sp³-hybridized carbons (Fsp3) is 0.429. The van der Waals surface area contributed by atoms with E-state index in [0.29, 0.717) is 31.4 Å². The summed E-state index contributed by atoms with van der Waals surface area (Å²) >= 11 is 0. The maximum atomic E-state index is 13.1. The Bertz CT molecular complexity index is 984. The third-order valence-electron chi connectivity index (χ3n) is 5.29. The molecule has 3 heterocycles. The lowest BCUT2D eigenvalue weighted by Crippen LogP contribution is -2.41. The van der Waals surface area contributed by atoms with Gasteiger partial charge in [0.05, 0.1) is 23.5 Å². The molecule has 7 heteroatoms. The van der Waals surface area contributed by atoms with Crippen molar-refractivity contribution in [3.05, 3.63) is 47.9 Å². The minimum atomic E-state index is -0.0487. The number of fused-ring (bicyclic) bond motifs is 1. The van der Waals surface area contributed by atoms with Crippen molar-refractivity contribution < 1.29 is 9.53 Å². The molecule has 0 aliphatic carbocycles. The molecule has 146 valence electrons. The van der Waals surface area contributed by atoms with Crippen molar-refractivity contribution in [2.75, 3.05) is 26.3 Å². The van der Waals surface area contributed by atoms with Gasteiger partial charge in [-0.05, 0) is 56.9 Å². The number of carbonyl (C=O) groups is 1. The number of amides is 1. The smallest absolute Gasteiger partial charge is 0.276 e. The maximum Gasteiger partial charge on any atom is 0.276 e. The first-order valence-electron chi connectivity index (χ1n) is 9.82. The van der Waals surface area contributed by atoms with E-state index < -0.39 is 0 Å². The summed E-state index contributed by atoms with van der Waals surface area (Å²) in [5.74, 6) is 0.341. The third-order valence-corrected chi connectivity index (χ3v) is 5.29. The molecule has 28 heavy (non-hydrogen) atoms. The van der Waals surface area contributed by atoms with Gasteiger partial charge in [0.15, 0.2) is 5.69 Å². The number of piperidine rings is 1. The van der Waals surface area contributed by atoms with E-state index >= 15 is 0 Å². The van der Waals surface area contributed by atoms with E-state index in [1.165, 1.54) is 0 Å². The number of nitrogens with zero attached hydrogens (tertiary/aromatic N) is 5. The molecule has 0 bridgehead atoms. The number of benzene rings is 1. The van der Waals surface area contributed by atoms with Gasteiger partial charge < -0.3 is 9.64 Å². The lowest BCUT2D eigenvalue weighted by atomic mass is 9.98. The Morgan fingerprint density at radius 2 is 2.21 bits per heavy atom. The van der Waals surface area contributed by atoms with Crippen molar-refractivity contribution in [3.8, 4) is 5.69 Å². The lowest BCUT2D eigenvalue weighted by Gasteiger charge is -2.32. The zero-order valence-electron chi connectivity index (χ0n) is 16.3. The van der Waals surface area contributed by atoms with E-state index in [9.17, 15) is 4.79 Å².